The Hall–Kier alpha value is -2.88. The van der Waals surface area contributed by atoms with Gasteiger partial charge < -0.3 is 9.64 Å². The number of hydrogen-bond acceptors (Lipinski definition) is 7. The van der Waals surface area contributed by atoms with E-state index >= 15 is 0 Å². The Morgan fingerprint density at radius 3 is 2.50 bits per heavy atom. The van der Waals surface area contributed by atoms with E-state index in [0.29, 0.717) is 44.2 Å². The summed E-state index contributed by atoms with van der Waals surface area (Å²) in [6.45, 7) is 4.34. The summed E-state index contributed by atoms with van der Waals surface area (Å²) >= 11 is 0. The fraction of sp³-hybridized carbons (Fsp3) is 0.438. The zero-order valence-electron chi connectivity index (χ0n) is 14.3. The van der Waals surface area contributed by atoms with Crippen LogP contribution >= 0.6 is 0 Å². The molecule has 0 bridgehead atoms. The van der Waals surface area contributed by atoms with E-state index in [0.717, 1.165) is 0 Å². The molecule has 1 aromatic heterocycles. The van der Waals surface area contributed by atoms with Crippen molar-refractivity contribution in [3.05, 3.63) is 35.9 Å². The third-order valence-electron chi connectivity index (χ3n) is 4.08. The average Bonchev–Trinajstić information content (AvgIpc) is 3.11. The van der Waals surface area contributed by atoms with Crippen LogP contribution in [-0.2, 0) is 20.9 Å². The zero-order valence-corrected chi connectivity index (χ0v) is 14.3. The summed E-state index contributed by atoms with van der Waals surface area (Å²) in [6.07, 6.45) is 0. The van der Waals surface area contributed by atoms with E-state index in [1.165, 1.54) is 17.0 Å². The topological polar surface area (TPSA) is 93.5 Å². The number of nitrogens with zero attached hydrogens (tertiary/aromatic N) is 6. The minimum Gasteiger partial charge on any atom is -0.459 e. The third kappa shape index (κ3) is 4.02. The molecule has 0 spiro atoms. The number of esters is 1. The van der Waals surface area contributed by atoms with Crippen LogP contribution in [-0.4, -0.2) is 74.7 Å². The number of tetrazole rings is 1. The van der Waals surface area contributed by atoms with Gasteiger partial charge >= 0.3 is 11.9 Å². The van der Waals surface area contributed by atoms with E-state index in [1.54, 1.807) is 23.7 Å². The molecule has 0 N–H and O–H groups in total. The van der Waals surface area contributed by atoms with Gasteiger partial charge in [0.25, 0.3) is 0 Å². The third-order valence-corrected chi connectivity index (χ3v) is 4.08. The Kier molecular flexibility index (Phi) is 5.52. The normalized spacial score (nSPS) is 15.1. The van der Waals surface area contributed by atoms with Crippen LogP contribution in [0.2, 0.25) is 0 Å². The summed E-state index contributed by atoms with van der Waals surface area (Å²) in [6, 6.07) is 5.90. The second kappa shape index (κ2) is 8.00. The van der Waals surface area contributed by atoms with Gasteiger partial charge in [-0.15, -0.1) is 5.10 Å². The SMILES string of the molecule is CCOC(=O)C(=O)N1CCN(Cc2nnnn2-c2ccc(F)cc2)CC1. The second-order valence-corrected chi connectivity index (χ2v) is 5.77. The van der Waals surface area contributed by atoms with Gasteiger partial charge in [-0.05, 0) is 41.6 Å². The van der Waals surface area contributed by atoms with Crippen LogP contribution in [0.25, 0.3) is 5.69 Å². The molecule has 10 heteroatoms. The maximum absolute atomic E-state index is 13.1. The summed E-state index contributed by atoms with van der Waals surface area (Å²) in [5, 5.41) is 11.7. The zero-order chi connectivity index (χ0) is 18.5. The molecular formula is C16H19FN6O3. The Bertz CT molecular complexity index is 771. The highest BCUT2D eigenvalue weighted by Crippen LogP contribution is 2.12. The van der Waals surface area contributed by atoms with Gasteiger partial charge in [0, 0.05) is 26.2 Å². The summed E-state index contributed by atoms with van der Waals surface area (Å²) in [5.41, 5.74) is 0.669. The number of halogens is 1. The number of amides is 1. The quantitative estimate of drug-likeness (QED) is 0.559. The number of rotatable bonds is 4. The molecule has 1 aliphatic rings. The molecule has 1 aromatic carbocycles. The Balaban J connectivity index is 1.59. The molecule has 1 aliphatic heterocycles. The van der Waals surface area contributed by atoms with E-state index < -0.39 is 11.9 Å². The van der Waals surface area contributed by atoms with Crippen LogP contribution in [0.3, 0.4) is 0 Å². The van der Waals surface area contributed by atoms with Crippen LogP contribution in [0.15, 0.2) is 24.3 Å². The van der Waals surface area contributed by atoms with Crippen molar-refractivity contribution in [2.45, 2.75) is 13.5 Å². The monoisotopic (exact) mass is 362 g/mol. The Labute approximate surface area is 149 Å². The van der Waals surface area contributed by atoms with Crippen molar-refractivity contribution >= 4 is 11.9 Å². The number of benzene rings is 1. The predicted octanol–water partition coefficient (Wildman–Crippen LogP) is 0.00870. The van der Waals surface area contributed by atoms with E-state index in [1.807, 2.05) is 0 Å². The highest BCUT2D eigenvalue weighted by atomic mass is 19.1. The van der Waals surface area contributed by atoms with Crippen LogP contribution in [0.5, 0.6) is 0 Å². The number of hydrogen-bond donors (Lipinski definition) is 0. The lowest BCUT2D eigenvalue weighted by Crippen LogP contribution is -2.50. The molecule has 0 radical (unpaired) electrons. The first-order valence-corrected chi connectivity index (χ1v) is 8.30. The number of carbonyl (C=O) groups is 2. The summed E-state index contributed by atoms with van der Waals surface area (Å²) in [5.74, 6) is -1.14. The van der Waals surface area contributed by atoms with Crippen LogP contribution in [0.4, 0.5) is 4.39 Å². The lowest BCUT2D eigenvalue weighted by molar-refractivity contribution is -0.160. The first kappa shape index (κ1) is 17.9. The van der Waals surface area contributed by atoms with E-state index in [9.17, 15) is 14.0 Å². The molecule has 0 unspecified atom stereocenters. The van der Waals surface area contributed by atoms with Gasteiger partial charge in [0.15, 0.2) is 5.82 Å². The highest BCUT2D eigenvalue weighted by Gasteiger charge is 2.27. The molecule has 138 valence electrons. The Morgan fingerprint density at radius 2 is 1.85 bits per heavy atom. The van der Waals surface area contributed by atoms with Gasteiger partial charge in [0.2, 0.25) is 0 Å². The van der Waals surface area contributed by atoms with E-state index in [4.69, 9.17) is 4.74 Å². The largest absolute Gasteiger partial charge is 0.459 e. The van der Waals surface area contributed by atoms with Gasteiger partial charge in [0.05, 0.1) is 18.8 Å². The fourth-order valence-electron chi connectivity index (χ4n) is 2.72. The van der Waals surface area contributed by atoms with Gasteiger partial charge in [-0.2, -0.15) is 4.68 Å². The second-order valence-electron chi connectivity index (χ2n) is 5.77. The number of carbonyl (C=O) groups excluding carboxylic acids is 2. The van der Waals surface area contributed by atoms with Crippen molar-refractivity contribution in [3.63, 3.8) is 0 Å². The molecule has 26 heavy (non-hydrogen) atoms. The van der Waals surface area contributed by atoms with Crippen molar-refractivity contribution in [2.75, 3.05) is 32.8 Å². The van der Waals surface area contributed by atoms with Crippen molar-refractivity contribution in [3.8, 4) is 5.69 Å². The van der Waals surface area contributed by atoms with Crippen molar-refractivity contribution in [2.24, 2.45) is 0 Å². The van der Waals surface area contributed by atoms with Crippen molar-refractivity contribution in [1.82, 2.24) is 30.0 Å². The molecule has 0 atom stereocenters. The number of piperazine rings is 1. The van der Waals surface area contributed by atoms with E-state index in [-0.39, 0.29) is 12.4 Å². The maximum Gasteiger partial charge on any atom is 0.397 e. The van der Waals surface area contributed by atoms with Crippen LogP contribution < -0.4 is 0 Å². The lowest BCUT2D eigenvalue weighted by atomic mass is 10.3. The van der Waals surface area contributed by atoms with Crippen LogP contribution in [0, 0.1) is 5.82 Å². The van der Waals surface area contributed by atoms with Crippen molar-refractivity contribution < 1.29 is 18.7 Å². The minimum absolute atomic E-state index is 0.177. The molecule has 3 rings (SSSR count). The lowest BCUT2D eigenvalue weighted by Gasteiger charge is -2.33. The maximum atomic E-state index is 13.1. The first-order chi connectivity index (χ1) is 12.6. The molecule has 0 saturated carbocycles. The predicted molar refractivity (Wildman–Crippen MR) is 87.6 cm³/mol. The van der Waals surface area contributed by atoms with Gasteiger partial charge in [-0.3, -0.25) is 9.69 Å². The Morgan fingerprint density at radius 1 is 1.15 bits per heavy atom. The molecular weight excluding hydrogens is 343 g/mol. The molecule has 1 saturated heterocycles. The smallest absolute Gasteiger partial charge is 0.397 e. The van der Waals surface area contributed by atoms with Gasteiger partial charge in [0.1, 0.15) is 5.82 Å². The van der Waals surface area contributed by atoms with E-state index in [2.05, 4.69) is 20.4 Å². The molecule has 1 fully saturated rings. The van der Waals surface area contributed by atoms with Crippen LogP contribution in [0.1, 0.15) is 12.7 Å². The van der Waals surface area contributed by atoms with Gasteiger partial charge in [-0.25, -0.2) is 9.18 Å². The summed E-state index contributed by atoms with van der Waals surface area (Å²) in [7, 11) is 0. The molecule has 2 aromatic rings. The summed E-state index contributed by atoms with van der Waals surface area (Å²) in [4.78, 5) is 27.0. The van der Waals surface area contributed by atoms with Gasteiger partial charge in [-0.1, -0.05) is 0 Å². The molecule has 1 amide bonds. The van der Waals surface area contributed by atoms with Crippen molar-refractivity contribution in [1.29, 1.82) is 0 Å². The fourth-order valence-corrected chi connectivity index (χ4v) is 2.72. The number of ether oxygens (including phenoxy) is 1. The standard InChI is InChI=1S/C16H19FN6O3/c1-2-26-16(25)15(24)22-9-7-21(8-10-22)11-14-18-19-20-23(14)13-5-3-12(17)4-6-13/h3-6H,2,7-11H2,1H3. The highest BCUT2D eigenvalue weighted by molar-refractivity contribution is 6.32. The minimum atomic E-state index is -0.818. The molecule has 2 heterocycles. The molecule has 0 aliphatic carbocycles. The summed E-state index contributed by atoms with van der Waals surface area (Å²) < 4.78 is 19.4. The molecule has 9 nitrogen and oxygen atoms in total. The average molecular weight is 362 g/mol. The first-order valence-electron chi connectivity index (χ1n) is 8.30. The number of aromatic nitrogens is 4.